The third kappa shape index (κ3) is 5.09. The van der Waals surface area contributed by atoms with Crippen LogP contribution in [0, 0.1) is 0 Å². The summed E-state index contributed by atoms with van der Waals surface area (Å²) in [5.74, 6) is -1.15. The molecule has 0 saturated heterocycles. The van der Waals surface area contributed by atoms with E-state index in [2.05, 4.69) is 26.8 Å². The number of benzene rings is 1. The maximum absolute atomic E-state index is 12.5. The van der Waals surface area contributed by atoms with E-state index in [-0.39, 0.29) is 12.5 Å². The van der Waals surface area contributed by atoms with Gasteiger partial charge in [-0.05, 0) is 30.0 Å². The minimum absolute atomic E-state index is 0.00933. The van der Waals surface area contributed by atoms with E-state index in [1.165, 1.54) is 11.8 Å². The smallest absolute Gasteiger partial charge is 0.312 e. The van der Waals surface area contributed by atoms with Crippen molar-refractivity contribution in [1.82, 2.24) is 20.1 Å². The Hall–Kier alpha value is -3.68. The Morgan fingerprint density at radius 2 is 2.03 bits per heavy atom. The summed E-state index contributed by atoms with van der Waals surface area (Å²) in [6.07, 6.45) is 6.05. The molecule has 1 atom stereocenters. The second kappa shape index (κ2) is 9.42. The largest absolute Gasteiger partial charge is 0.481 e. The number of carbonyl (C=O) groups excluding carboxylic acids is 1. The first-order chi connectivity index (χ1) is 15.1. The lowest BCUT2D eigenvalue weighted by Gasteiger charge is -2.17. The lowest BCUT2D eigenvalue weighted by Crippen LogP contribution is -2.31. The van der Waals surface area contributed by atoms with Gasteiger partial charge >= 0.3 is 5.97 Å². The summed E-state index contributed by atoms with van der Waals surface area (Å²) in [6.45, 7) is 1.56. The van der Waals surface area contributed by atoms with Crippen molar-refractivity contribution in [3.8, 4) is 0 Å². The van der Waals surface area contributed by atoms with Gasteiger partial charge in [-0.1, -0.05) is 36.4 Å². The van der Waals surface area contributed by atoms with Crippen molar-refractivity contribution in [2.24, 2.45) is 0 Å². The van der Waals surface area contributed by atoms with Crippen molar-refractivity contribution in [2.45, 2.75) is 31.7 Å². The fraction of sp³-hybridized carbons (Fsp3) is 0.304. The topological polar surface area (TPSA) is 109 Å². The molecule has 1 amide bonds. The van der Waals surface area contributed by atoms with Gasteiger partial charge in [0.2, 0.25) is 0 Å². The molecule has 160 valence electrons. The van der Waals surface area contributed by atoms with Gasteiger partial charge in [-0.3, -0.25) is 14.3 Å². The maximum atomic E-state index is 12.5. The highest BCUT2D eigenvalue weighted by Crippen LogP contribution is 2.20. The minimum Gasteiger partial charge on any atom is -0.481 e. The summed E-state index contributed by atoms with van der Waals surface area (Å²) < 4.78 is 1.70. The van der Waals surface area contributed by atoms with Gasteiger partial charge in [-0.25, -0.2) is 4.98 Å². The number of carboxylic acids is 1. The molecular formula is C23H25N5O3. The summed E-state index contributed by atoms with van der Waals surface area (Å²) in [7, 11) is 0. The number of nitrogens with zero attached hydrogens (tertiary/aromatic N) is 3. The number of hydrogen-bond donors (Lipinski definition) is 3. The van der Waals surface area contributed by atoms with Crippen LogP contribution in [0.15, 0.2) is 54.9 Å². The Morgan fingerprint density at radius 3 is 2.84 bits per heavy atom. The van der Waals surface area contributed by atoms with Crippen molar-refractivity contribution < 1.29 is 14.7 Å². The molecule has 0 radical (unpaired) electrons. The van der Waals surface area contributed by atoms with Crippen molar-refractivity contribution in [1.29, 1.82) is 0 Å². The van der Waals surface area contributed by atoms with Crippen molar-refractivity contribution in [3.63, 3.8) is 0 Å². The van der Waals surface area contributed by atoms with E-state index in [1.54, 1.807) is 35.1 Å². The molecule has 0 saturated carbocycles. The summed E-state index contributed by atoms with van der Waals surface area (Å²) >= 11 is 0. The molecule has 0 fully saturated rings. The predicted octanol–water partition coefficient (Wildman–Crippen LogP) is 2.48. The van der Waals surface area contributed by atoms with Crippen LogP contribution < -0.4 is 10.6 Å². The number of hydrogen-bond acceptors (Lipinski definition) is 5. The third-order valence-corrected chi connectivity index (χ3v) is 5.41. The number of rotatable bonds is 8. The average Bonchev–Trinajstić information content (AvgIpc) is 3.27. The molecule has 0 aliphatic carbocycles. The molecule has 4 rings (SSSR count). The highest BCUT2D eigenvalue weighted by molar-refractivity contribution is 5.94. The zero-order valence-corrected chi connectivity index (χ0v) is 17.1. The average molecular weight is 419 g/mol. The van der Waals surface area contributed by atoms with Gasteiger partial charge < -0.3 is 15.7 Å². The highest BCUT2D eigenvalue weighted by atomic mass is 16.4. The van der Waals surface area contributed by atoms with Gasteiger partial charge in [-0.15, -0.1) is 0 Å². The van der Waals surface area contributed by atoms with Crippen molar-refractivity contribution >= 4 is 17.7 Å². The molecule has 1 aromatic carbocycles. The van der Waals surface area contributed by atoms with E-state index < -0.39 is 11.9 Å². The van der Waals surface area contributed by atoms with Crippen LogP contribution in [0.1, 0.15) is 39.5 Å². The molecule has 1 aliphatic heterocycles. The van der Waals surface area contributed by atoms with Gasteiger partial charge in [-0.2, -0.15) is 5.10 Å². The van der Waals surface area contributed by atoms with Crippen molar-refractivity contribution in [3.05, 3.63) is 77.2 Å². The number of carbonyl (C=O) groups is 2. The number of anilines is 1. The number of carboxylic acid groups (broad SMARTS) is 1. The number of nitrogens with one attached hydrogen (secondary N) is 2. The zero-order valence-electron chi connectivity index (χ0n) is 17.1. The molecule has 3 aromatic rings. The van der Waals surface area contributed by atoms with Gasteiger partial charge in [0.05, 0.1) is 17.7 Å². The number of aryl methyl sites for hydroxylation is 3. The Balaban J connectivity index is 1.33. The molecule has 3 N–H and O–H groups in total. The predicted molar refractivity (Wildman–Crippen MR) is 116 cm³/mol. The van der Waals surface area contributed by atoms with Gasteiger partial charge in [0.15, 0.2) is 0 Å². The fourth-order valence-electron chi connectivity index (χ4n) is 3.67. The first-order valence-corrected chi connectivity index (χ1v) is 10.4. The van der Waals surface area contributed by atoms with E-state index in [9.17, 15) is 14.7 Å². The Kier molecular flexibility index (Phi) is 6.26. The zero-order chi connectivity index (χ0) is 21.6. The van der Waals surface area contributed by atoms with Crippen LogP contribution in [-0.4, -0.2) is 44.8 Å². The van der Waals surface area contributed by atoms with Crippen LogP contribution in [0.5, 0.6) is 0 Å². The summed E-state index contributed by atoms with van der Waals surface area (Å²) in [5.41, 5.74) is 3.28. The molecule has 1 aliphatic rings. The number of aromatic nitrogens is 3. The standard InChI is InChI=1S/C23H25N5O3/c29-22(25-14-20(23(30)31)16-5-2-1-3-6-16)18-13-26-28(15-18)12-10-19-9-8-17-7-4-11-24-21(17)27-19/h1-3,5-6,8-9,13,15,20H,4,7,10-12,14H2,(H,24,27)(H,25,29)(H,30,31). The second-order valence-electron chi connectivity index (χ2n) is 7.59. The molecule has 8 nitrogen and oxygen atoms in total. The van der Waals surface area contributed by atoms with E-state index in [4.69, 9.17) is 0 Å². The first kappa shape index (κ1) is 20.6. The number of aliphatic carboxylic acids is 1. The minimum atomic E-state index is -0.978. The van der Waals surface area contributed by atoms with Gasteiger partial charge in [0.1, 0.15) is 5.82 Å². The Labute approximate surface area is 180 Å². The van der Waals surface area contributed by atoms with E-state index >= 15 is 0 Å². The van der Waals surface area contributed by atoms with Gasteiger partial charge in [0.25, 0.3) is 5.91 Å². The van der Waals surface area contributed by atoms with Crippen LogP contribution >= 0.6 is 0 Å². The molecule has 1 unspecified atom stereocenters. The summed E-state index contributed by atoms with van der Waals surface area (Å²) in [6, 6.07) is 13.0. The van der Waals surface area contributed by atoms with Crippen LogP contribution in [0.4, 0.5) is 5.82 Å². The fourth-order valence-corrected chi connectivity index (χ4v) is 3.67. The number of amides is 1. The second-order valence-corrected chi connectivity index (χ2v) is 7.59. The molecule has 3 heterocycles. The van der Waals surface area contributed by atoms with Crippen molar-refractivity contribution in [2.75, 3.05) is 18.4 Å². The Bertz CT molecular complexity index is 1060. The number of pyridine rings is 1. The van der Waals surface area contributed by atoms with Crippen LogP contribution in [0.2, 0.25) is 0 Å². The van der Waals surface area contributed by atoms with Gasteiger partial charge in [0, 0.05) is 37.9 Å². The molecule has 0 bridgehead atoms. The Morgan fingerprint density at radius 1 is 1.19 bits per heavy atom. The molecule has 0 spiro atoms. The maximum Gasteiger partial charge on any atom is 0.312 e. The highest BCUT2D eigenvalue weighted by Gasteiger charge is 2.21. The van der Waals surface area contributed by atoms with E-state index in [1.807, 2.05) is 12.1 Å². The quantitative estimate of drug-likeness (QED) is 0.518. The summed E-state index contributed by atoms with van der Waals surface area (Å²) in [5, 5.41) is 19.8. The van der Waals surface area contributed by atoms with E-state index in [0.717, 1.165) is 30.9 Å². The van der Waals surface area contributed by atoms with E-state index in [0.29, 0.717) is 24.1 Å². The molecule has 2 aromatic heterocycles. The monoisotopic (exact) mass is 419 g/mol. The number of fused-ring (bicyclic) bond motifs is 1. The molecule has 31 heavy (non-hydrogen) atoms. The SMILES string of the molecule is O=C(NCC(C(=O)O)c1ccccc1)c1cnn(CCc2ccc3c(n2)NCCC3)c1. The molecular weight excluding hydrogens is 394 g/mol. The lowest BCUT2D eigenvalue weighted by atomic mass is 9.99. The van der Waals surface area contributed by atoms with Crippen LogP contribution in [0.25, 0.3) is 0 Å². The normalized spacial score (nSPS) is 13.7. The third-order valence-electron chi connectivity index (χ3n) is 5.41. The molecule has 8 heteroatoms. The van der Waals surface area contributed by atoms with Crippen LogP contribution in [-0.2, 0) is 24.2 Å². The summed E-state index contributed by atoms with van der Waals surface area (Å²) in [4.78, 5) is 28.7. The first-order valence-electron chi connectivity index (χ1n) is 10.4. The van der Waals surface area contributed by atoms with Crippen LogP contribution in [0.3, 0.4) is 0 Å². The lowest BCUT2D eigenvalue weighted by molar-refractivity contribution is -0.138.